The fourth-order valence-electron chi connectivity index (χ4n) is 2.69. The molecule has 0 bridgehead atoms. The van der Waals surface area contributed by atoms with Crippen LogP contribution in [0.1, 0.15) is 41.5 Å². The van der Waals surface area contributed by atoms with E-state index in [1.807, 2.05) is 18.2 Å². The maximum Gasteiger partial charge on any atom is 0.0626 e. The van der Waals surface area contributed by atoms with Crippen LogP contribution in [0.3, 0.4) is 0 Å². The standard InChI is InChI=1S/C18H21NO/c20-13-18(15-6-2-1-3-7-15)19-12-16-8-4-5-9-17(16)14-10-11-14/h1-9,14,18-20H,10-13H2/t18-/m1/s1. The third-order valence-corrected chi connectivity index (χ3v) is 4.00. The average Bonchev–Trinajstić information content (AvgIpc) is 3.34. The van der Waals surface area contributed by atoms with Crippen LogP contribution in [0.25, 0.3) is 0 Å². The van der Waals surface area contributed by atoms with Crippen LogP contribution in [0.4, 0.5) is 0 Å². The van der Waals surface area contributed by atoms with Crippen LogP contribution in [0.15, 0.2) is 54.6 Å². The molecule has 0 heterocycles. The molecule has 1 aliphatic rings. The molecule has 2 nitrogen and oxygen atoms in total. The number of rotatable bonds is 6. The SMILES string of the molecule is OC[C@@H](NCc1ccccc1C1CC1)c1ccccc1. The Hall–Kier alpha value is -1.64. The molecule has 2 aromatic rings. The van der Waals surface area contributed by atoms with Crippen LogP contribution >= 0.6 is 0 Å². The Kier molecular flexibility index (Phi) is 4.14. The molecule has 0 spiro atoms. The van der Waals surface area contributed by atoms with Gasteiger partial charge in [0.15, 0.2) is 0 Å². The van der Waals surface area contributed by atoms with E-state index in [0.717, 1.165) is 18.0 Å². The van der Waals surface area contributed by atoms with Gasteiger partial charge in [-0.1, -0.05) is 54.6 Å². The predicted octanol–water partition coefficient (Wildman–Crippen LogP) is 3.39. The molecule has 2 N–H and O–H groups in total. The molecule has 1 saturated carbocycles. The highest BCUT2D eigenvalue weighted by Crippen LogP contribution is 2.41. The van der Waals surface area contributed by atoms with Gasteiger partial charge in [-0.25, -0.2) is 0 Å². The molecule has 2 aromatic carbocycles. The van der Waals surface area contributed by atoms with E-state index in [9.17, 15) is 5.11 Å². The van der Waals surface area contributed by atoms with E-state index in [1.54, 1.807) is 0 Å². The third kappa shape index (κ3) is 3.09. The molecule has 20 heavy (non-hydrogen) atoms. The topological polar surface area (TPSA) is 32.3 Å². The van der Waals surface area contributed by atoms with Crippen molar-refractivity contribution in [2.75, 3.05) is 6.61 Å². The normalized spacial score (nSPS) is 16.1. The molecule has 0 aromatic heterocycles. The molecule has 1 atom stereocenters. The lowest BCUT2D eigenvalue weighted by Gasteiger charge is -2.18. The minimum Gasteiger partial charge on any atom is -0.394 e. The molecule has 2 heteroatoms. The van der Waals surface area contributed by atoms with Crippen molar-refractivity contribution in [1.29, 1.82) is 0 Å². The maximum atomic E-state index is 9.59. The monoisotopic (exact) mass is 267 g/mol. The molecule has 0 saturated heterocycles. The van der Waals surface area contributed by atoms with Gasteiger partial charge in [0, 0.05) is 6.54 Å². The number of hydrogen-bond donors (Lipinski definition) is 2. The molecule has 104 valence electrons. The number of aliphatic hydroxyl groups is 1. The second-order valence-corrected chi connectivity index (χ2v) is 5.50. The molecular weight excluding hydrogens is 246 g/mol. The summed E-state index contributed by atoms with van der Waals surface area (Å²) in [5.74, 6) is 0.761. The van der Waals surface area contributed by atoms with E-state index in [4.69, 9.17) is 0 Å². The van der Waals surface area contributed by atoms with Crippen molar-refractivity contribution in [2.24, 2.45) is 0 Å². The van der Waals surface area contributed by atoms with Crippen molar-refractivity contribution < 1.29 is 5.11 Å². The van der Waals surface area contributed by atoms with Crippen LogP contribution < -0.4 is 5.32 Å². The van der Waals surface area contributed by atoms with Crippen LogP contribution in [0.2, 0.25) is 0 Å². The van der Waals surface area contributed by atoms with E-state index in [-0.39, 0.29) is 12.6 Å². The highest BCUT2D eigenvalue weighted by molar-refractivity contribution is 5.33. The highest BCUT2D eigenvalue weighted by Gasteiger charge is 2.25. The smallest absolute Gasteiger partial charge is 0.0626 e. The summed E-state index contributed by atoms with van der Waals surface area (Å²) in [6.45, 7) is 0.933. The van der Waals surface area contributed by atoms with Gasteiger partial charge in [-0.2, -0.15) is 0 Å². The summed E-state index contributed by atoms with van der Waals surface area (Å²) in [5, 5.41) is 13.1. The number of hydrogen-bond acceptors (Lipinski definition) is 2. The fourth-order valence-corrected chi connectivity index (χ4v) is 2.69. The summed E-state index contributed by atoms with van der Waals surface area (Å²) in [7, 11) is 0. The Balaban J connectivity index is 1.69. The lowest BCUT2D eigenvalue weighted by molar-refractivity contribution is 0.243. The lowest BCUT2D eigenvalue weighted by Crippen LogP contribution is -2.24. The summed E-state index contributed by atoms with van der Waals surface area (Å²) in [5.41, 5.74) is 3.98. The van der Waals surface area contributed by atoms with Gasteiger partial charge in [0.1, 0.15) is 0 Å². The minimum atomic E-state index is 0.00320. The Morgan fingerprint density at radius 3 is 2.40 bits per heavy atom. The molecule has 1 aliphatic carbocycles. The molecular formula is C18H21NO. The largest absolute Gasteiger partial charge is 0.394 e. The van der Waals surface area contributed by atoms with E-state index in [2.05, 4.69) is 41.7 Å². The Bertz CT molecular complexity index is 548. The molecule has 0 radical (unpaired) electrons. The number of nitrogens with one attached hydrogen (secondary N) is 1. The summed E-state index contributed by atoms with van der Waals surface area (Å²) >= 11 is 0. The van der Waals surface area contributed by atoms with Crippen LogP contribution in [-0.4, -0.2) is 11.7 Å². The Morgan fingerprint density at radius 2 is 1.70 bits per heavy atom. The predicted molar refractivity (Wildman–Crippen MR) is 81.5 cm³/mol. The summed E-state index contributed by atoms with van der Waals surface area (Å²) < 4.78 is 0. The van der Waals surface area contributed by atoms with Gasteiger partial charge >= 0.3 is 0 Å². The molecule has 0 aliphatic heterocycles. The van der Waals surface area contributed by atoms with E-state index >= 15 is 0 Å². The fraction of sp³-hybridized carbons (Fsp3) is 0.333. The third-order valence-electron chi connectivity index (χ3n) is 4.00. The minimum absolute atomic E-state index is 0.00320. The Morgan fingerprint density at radius 1 is 1.00 bits per heavy atom. The van der Waals surface area contributed by atoms with Crippen molar-refractivity contribution in [3.63, 3.8) is 0 Å². The average molecular weight is 267 g/mol. The van der Waals surface area contributed by atoms with Crippen molar-refractivity contribution >= 4 is 0 Å². The number of benzene rings is 2. The van der Waals surface area contributed by atoms with E-state index in [1.165, 1.54) is 24.0 Å². The van der Waals surface area contributed by atoms with Crippen molar-refractivity contribution in [2.45, 2.75) is 31.3 Å². The van der Waals surface area contributed by atoms with Gasteiger partial charge in [-0.15, -0.1) is 0 Å². The summed E-state index contributed by atoms with van der Waals surface area (Å²) in [6, 6.07) is 18.8. The zero-order chi connectivity index (χ0) is 13.8. The second-order valence-electron chi connectivity index (χ2n) is 5.50. The van der Waals surface area contributed by atoms with Gasteiger partial charge < -0.3 is 10.4 Å². The zero-order valence-corrected chi connectivity index (χ0v) is 11.6. The van der Waals surface area contributed by atoms with Gasteiger partial charge in [-0.05, 0) is 35.4 Å². The van der Waals surface area contributed by atoms with Gasteiger partial charge in [0.2, 0.25) is 0 Å². The van der Waals surface area contributed by atoms with Crippen LogP contribution in [0, 0.1) is 0 Å². The highest BCUT2D eigenvalue weighted by atomic mass is 16.3. The van der Waals surface area contributed by atoms with Crippen LogP contribution in [-0.2, 0) is 6.54 Å². The van der Waals surface area contributed by atoms with Crippen molar-refractivity contribution in [1.82, 2.24) is 5.32 Å². The lowest BCUT2D eigenvalue weighted by atomic mass is 10.0. The molecule has 3 rings (SSSR count). The van der Waals surface area contributed by atoms with Gasteiger partial charge in [0.25, 0.3) is 0 Å². The summed E-state index contributed by atoms with van der Waals surface area (Å²) in [4.78, 5) is 0. The second kappa shape index (κ2) is 6.21. The Labute approximate surface area is 120 Å². The first kappa shape index (κ1) is 13.3. The first-order valence-corrected chi connectivity index (χ1v) is 7.35. The van der Waals surface area contributed by atoms with Crippen molar-refractivity contribution in [3.8, 4) is 0 Å². The van der Waals surface area contributed by atoms with E-state index in [0.29, 0.717) is 0 Å². The van der Waals surface area contributed by atoms with E-state index < -0.39 is 0 Å². The quantitative estimate of drug-likeness (QED) is 0.841. The number of aliphatic hydroxyl groups excluding tert-OH is 1. The molecule has 0 amide bonds. The first-order chi connectivity index (χ1) is 9.88. The first-order valence-electron chi connectivity index (χ1n) is 7.35. The molecule has 0 unspecified atom stereocenters. The summed E-state index contributed by atoms with van der Waals surface area (Å²) in [6.07, 6.45) is 2.64. The van der Waals surface area contributed by atoms with Crippen molar-refractivity contribution in [3.05, 3.63) is 71.3 Å². The zero-order valence-electron chi connectivity index (χ0n) is 11.6. The van der Waals surface area contributed by atoms with Gasteiger partial charge in [-0.3, -0.25) is 0 Å². The molecule has 1 fully saturated rings. The van der Waals surface area contributed by atoms with Gasteiger partial charge in [0.05, 0.1) is 12.6 Å². The van der Waals surface area contributed by atoms with Crippen LogP contribution in [0.5, 0.6) is 0 Å². The maximum absolute atomic E-state index is 9.59.